The highest BCUT2D eigenvalue weighted by atomic mass is 32.2. The summed E-state index contributed by atoms with van der Waals surface area (Å²) in [4.78, 5) is 5.09. The molecular formula is C50H51N11O17S7. The zero-order valence-corrected chi connectivity index (χ0v) is 51.0. The lowest BCUT2D eigenvalue weighted by atomic mass is 10.1. The molecule has 0 spiro atoms. The molecule has 0 unspecified atom stereocenters. The maximum atomic E-state index is 12.1. The third-order valence-electron chi connectivity index (χ3n) is 11.9. The number of ether oxygens (including phenoxy) is 1. The number of azo groups is 4. The Kier molecular flexibility index (Phi) is 22.4. The zero-order chi connectivity index (χ0) is 62.6. The van der Waals surface area contributed by atoms with Crippen LogP contribution in [0.2, 0.25) is 0 Å². The molecule has 28 nitrogen and oxygen atoms in total. The van der Waals surface area contributed by atoms with Gasteiger partial charge in [-0.15, -0.1) is 56.6 Å². The van der Waals surface area contributed by atoms with Crippen molar-refractivity contribution >= 4 is 137 Å². The molecule has 35 heteroatoms. The number of fused-ring (bicyclic) bond motifs is 3. The van der Waals surface area contributed by atoms with Crippen molar-refractivity contribution in [3.63, 3.8) is 0 Å². The van der Waals surface area contributed by atoms with E-state index >= 15 is 0 Å². The van der Waals surface area contributed by atoms with Gasteiger partial charge in [0.25, 0.3) is 40.5 Å². The SMILES string of the molecule is Cc1cc(N=Nc2cc(SCCCS(=O)(=O)O)c(N=Nc3cc(OCCCS(=O)(=O)O)c(N=Nc4c(C)c(C#N)c5nc6c(C)c(S(=O)(=O)O)ccc6n5c4O)cc3C)cc2C)c(SCCCS(=O)(=O)O)cc1N=Nc1ccccc1.O=S(=O)=O. The number of rotatable bonds is 24. The molecule has 450 valence electrons. The molecule has 5 N–H and O–H groups in total. The van der Waals surface area contributed by atoms with Crippen LogP contribution in [0.1, 0.15) is 52.6 Å². The maximum Gasteiger partial charge on any atom is 0.425 e. The fraction of sp³-hybridized carbons (Fsp3) is 0.280. The Morgan fingerprint density at radius 3 is 1.54 bits per heavy atom. The van der Waals surface area contributed by atoms with E-state index in [0.29, 0.717) is 60.7 Å². The molecule has 2 heterocycles. The molecule has 5 aromatic carbocycles. The largest absolute Gasteiger partial charge is 0.493 e. The van der Waals surface area contributed by atoms with Crippen molar-refractivity contribution in [1.29, 1.82) is 5.26 Å². The van der Waals surface area contributed by atoms with Crippen molar-refractivity contribution in [2.75, 3.05) is 35.4 Å². The van der Waals surface area contributed by atoms with E-state index in [1.54, 1.807) is 50.2 Å². The van der Waals surface area contributed by atoms with Gasteiger partial charge >= 0.3 is 10.6 Å². The van der Waals surface area contributed by atoms with Crippen molar-refractivity contribution in [3.05, 3.63) is 112 Å². The molecule has 0 bridgehead atoms. The van der Waals surface area contributed by atoms with E-state index < -0.39 is 79.1 Å². The second-order valence-electron chi connectivity index (χ2n) is 18.2. The topological polar surface area (TPSA) is 438 Å². The Hall–Kier alpha value is -7.50. The van der Waals surface area contributed by atoms with Gasteiger partial charge in [-0.05, 0) is 142 Å². The first-order valence-electron chi connectivity index (χ1n) is 24.6. The number of nitriles is 1. The average Bonchev–Trinajstić information content (AvgIpc) is 1.75. The fourth-order valence-corrected chi connectivity index (χ4v) is 12.3. The minimum absolute atomic E-state index is 0.000873. The van der Waals surface area contributed by atoms with Crippen LogP contribution in [0.25, 0.3) is 16.7 Å². The number of thioether (sulfide) groups is 2. The molecule has 0 radical (unpaired) electrons. The highest BCUT2D eigenvalue weighted by molar-refractivity contribution is 7.99. The number of aryl methyl sites for hydroxylation is 4. The Labute approximate surface area is 497 Å². The molecule has 0 fully saturated rings. The van der Waals surface area contributed by atoms with Crippen molar-refractivity contribution < 1.29 is 74.4 Å². The van der Waals surface area contributed by atoms with Crippen LogP contribution in [0.3, 0.4) is 0 Å². The summed E-state index contributed by atoms with van der Waals surface area (Å²) < 4.78 is 164. The predicted molar refractivity (Wildman–Crippen MR) is 315 cm³/mol. The van der Waals surface area contributed by atoms with Gasteiger partial charge in [0.2, 0.25) is 5.88 Å². The lowest BCUT2D eigenvalue weighted by Gasteiger charge is -2.12. The van der Waals surface area contributed by atoms with Gasteiger partial charge in [-0.1, -0.05) is 18.2 Å². The number of nitrogens with zero attached hydrogens (tertiary/aromatic N) is 11. The van der Waals surface area contributed by atoms with Crippen molar-refractivity contribution in [2.45, 2.75) is 68.6 Å². The number of imidazole rings is 1. The summed E-state index contributed by atoms with van der Waals surface area (Å²) in [5.41, 5.74) is 4.48. The molecule has 7 rings (SSSR count). The Bertz CT molecular complexity index is 4480. The van der Waals surface area contributed by atoms with Crippen LogP contribution in [0.4, 0.5) is 45.5 Å². The number of hydrogen-bond acceptors (Lipinski definition) is 25. The molecular weight excluding hydrogens is 1250 g/mol. The third-order valence-corrected chi connectivity index (χ3v) is 17.5. The summed E-state index contributed by atoms with van der Waals surface area (Å²) in [6, 6.07) is 23.4. The number of pyridine rings is 1. The van der Waals surface area contributed by atoms with Gasteiger partial charge in [-0.2, -0.15) is 59.4 Å². The van der Waals surface area contributed by atoms with Gasteiger partial charge in [-0.3, -0.25) is 22.6 Å². The fourth-order valence-electron chi connectivity index (χ4n) is 7.82. The predicted octanol–water partition coefficient (Wildman–Crippen LogP) is 11.9. The van der Waals surface area contributed by atoms with E-state index in [9.17, 15) is 62.3 Å². The number of benzene rings is 5. The minimum atomic E-state index is -4.66. The first-order valence-corrected chi connectivity index (χ1v) is 33.8. The highest BCUT2D eigenvalue weighted by Gasteiger charge is 2.25. The molecule has 2 aromatic heterocycles. The molecule has 85 heavy (non-hydrogen) atoms. The van der Waals surface area contributed by atoms with E-state index in [1.807, 2.05) is 31.2 Å². The standard InChI is InChI=1S/C50H51N11O14S6.O3S/c1-29-22-39(57-60-48-32(4)35(28-51)49-52-47-33(5)46(81(72,73)74)15-14-42(47)61(49)50(48)62)43(75-16-9-19-78(63,64)65)25-36(29)55-58-40-24-31(3)38(27-45(40)77-18-11-21-80(69,70)71)56-59-41-23-30(2)37(54-53-34-12-7-6-8-13-34)26-44(41)76-17-10-20-79(66,67)68;1-4(2)3/h6-8,12-15,22-27,62H,9-11,16-21H2,1-5H3,(H,63,64,65)(H,66,67,68)(H,69,70,71)(H,72,73,74);. The third kappa shape index (κ3) is 19.0. The summed E-state index contributed by atoms with van der Waals surface area (Å²) in [5, 5.41) is 57.7. The highest BCUT2D eigenvalue weighted by Crippen LogP contribution is 2.44. The minimum Gasteiger partial charge on any atom is -0.493 e. The Morgan fingerprint density at radius 2 is 1.05 bits per heavy atom. The molecule has 0 saturated heterocycles. The van der Waals surface area contributed by atoms with Crippen LogP contribution in [0.5, 0.6) is 11.6 Å². The number of aromatic nitrogens is 2. The number of hydrogen-bond donors (Lipinski definition) is 5. The van der Waals surface area contributed by atoms with Crippen LogP contribution in [-0.2, 0) is 51.1 Å². The summed E-state index contributed by atoms with van der Waals surface area (Å²) in [5.74, 6) is -1.62. The van der Waals surface area contributed by atoms with Crippen LogP contribution < -0.4 is 4.74 Å². The van der Waals surface area contributed by atoms with Crippen LogP contribution in [-0.4, -0.2) is 114 Å². The second-order valence-corrected chi connectivity index (χ2v) is 27.0. The molecule has 0 aliphatic rings. The summed E-state index contributed by atoms with van der Waals surface area (Å²) in [6.45, 7) is 7.88. The first kappa shape index (κ1) is 66.6. The molecule has 0 saturated carbocycles. The van der Waals surface area contributed by atoms with Gasteiger partial charge in [-0.25, -0.2) is 4.98 Å². The molecule has 0 aliphatic heterocycles. The molecule has 7 aromatic rings. The Morgan fingerprint density at radius 1 is 0.588 bits per heavy atom. The maximum absolute atomic E-state index is 12.1. The van der Waals surface area contributed by atoms with Crippen LogP contribution >= 0.6 is 23.5 Å². The summed E-state index contributed by atoms with van der Waals surface area (Å²) in [7, 11) is -20.6. The van der Waals surface area contributed by atoms with Gasteiger partial charge in [0.1, 0.15) is 23.1 Å². The second kappa shape index (κ2) is 28.6. The lowest BCUT2D eigenvalue weighted by Crippen LogP contribution is -2.08. The quantitative estimate of drug-likeness (QED) is 0.0162. The van der Waals surface area contributed by atoms with Gasteiger partial charge in [0, 0.05) is 21.4 Å². The van der Waals surface area contributed by atoms with Crippen molar-refractivity contribution in [1.82, 2.24) is 9.38 Å². The monoisotopic (exact) mass is 1300 g/mol. The van der Waals surface area contributed by atoms with E-state index in [-0.39, 0.29) is 87.8 Å². The normalized spacial score (nSPS) is 12.5. The zero-order valence-electron chi connectivity index (χ0n) is 45.3. The van der Waals surface area contributed by atoms with Gasteiger partial charge < -0.3 is 9.84 Å². The first-order chi connectivity index (χ1) is 39.8. The van der Waals surface area contributed by atoms with Gasteiger partial charge in [0.15, 0.2) is 11.3 Å². The van der Waals surface area contributed by atoms with Crippen molar-refractivity contribution in [3.8, 4) is 17.7 Å². The smallest absolute Gasteiger partial charge is 0.425 e. The van der Waals surface area contributed by atoms with E-state index in [1.165, 1.54) is 60.0 Å². The molecule has 0 atom stereocenters. The summed E-state index contributed by atoms with van der Waals surface area (Å²) in [6.07, 6.45) is 0.0394. The lowest BCUT2D eigenvalue weighted by molar-refractivity contribution is 0.317. The Balaban J connectivity index is 0.00000280. The molecule has 0 aliphatic carbocycles. The van der Waals surface area contributed by atoms with E-state index in [4.69, 9.17) is 17.4 Å². The van der Waals surface area contributed by atoms with Crippen LogP contribution in [0, 0.1) is 45.9 Å². The number of aromatic hydroxyl groups is 1. The van der Waals surface area contributed by atoms with E-state index in [0.717, 1.165) is 6.07 Å². The average molecular weight is 1300 g/mol. The van der Waals surface area contributed by atoms with Crippen LogP contribution in [0.15, 0.2) is 134 Å². The molecule has 0 amide bonds. The van der Waals surface area contributed by atoms with Crippen molar-refractivity contribution in [2.24, 2.45) is 40.9 Å². The van der Waals surface area contributed by atoms with E-state index in [2.05, 4.69) is 45.9 Å². The summed E-state index contributed by atoms with van der Waals surface area (Å²) >= 11 is 2.49. The van der Waals surface area contributed by atoms with Gasteiger partial charge in [0.05, 0.1) is 73.9 Å².